The van der Waals surface area contributed by atoms with Crippen LogP contribution in [0, 0.1) is 6.92 Å². The van der Waals surface area contributed by atoms with E-state index in [1.807, 2.05) is 50.1 Å². The van der Waals surface area contributed by atoms with E-state index in [4.69, 9.17) is 14.2 Å². The first-order chi connectivity index (χ1) is 15.7. The minimum atomic E-state index is -0.398. The summed E-state index contributed by atoms with van der Waals surface area (Å²) in [6.45, 7) is 4.25. The number of aryl methyl sites for hydroxylation is 1. The first-order valence-corrected chi connectivity index (χ1v) is 10.5. The summed E-state index contributed by atoms with van der Waals surface area (Å²) in [6.07, 6.45) is -0.398. The molecule has 0 spiro atoms. The Kier molecular flexibility index (Phi) is 7.10. The fourth-order valence-corrected chi connectivity index (χ4v) is 3.86. The molecule has 1 amide bonds. The lowest BCUT2D eigenvalue weighted by molar-refractivity contribution is 0.120. The van der Waals surface area contributed by atoms with Gasteiger partial charge in [-0.05, 0) is 25.0 Å². The minimum Gasteiger partial charge on any atom is -0.493 e. The average Bonchev–Trinajstić information content (AvgIpc) is 2.81. The van der Waals surface area contributed by atoms with Gasteiger partial charge in [0, 0.05) is 32.3 Å². The number of aromatic amines is 1. The number of H-pyrrole nitrogens is 1. The summed E-state index contributed by atoms with van der Waals surface area (Å²) >= 11 is 0. The number of hydrogen-bond donors (Lipinski definition) is 1. The van der Waals surface area contributed by atoms with E-state index in [-0.39, 0.29) is 11.6 Å². The normalized spacial score (nSPS) is 11.7. The summed E-state index contributed by atoms with van der Waals surface area (Å²) < 4.78 is 15.6. The van der Waals surface area contributed by atoms with Gasteiger partial charge in [0.25, 0.3) is 5.56 Å². The highest BCUT2D eigenvalue weighted by Gasteiger charge is 2.19. The van der Waals surface area contributed by atoms with Crippen LogP contribution in [0.25, 0.3) is 10.9 Å². The molecule has 1 aromatic heterocycles. The quantitative estimate of drug-likeness (QED) is 0.582. The van der Waals surface area contributed by atoms with Gasteiger partial charge in [-0.15, -0.1) is 0 Å². The molecule has 0 aliphatic heterocycles. The van der Waals surface area contributed by atoms with E-state index in [9.17, 15) is 9.59 Å². The standard InChI is InChI=1S/C24H30N4O5/c1-14-20-18(12-19(31-5)21(14)32-6)25-23(26-22(20)29)27(3)13-16-9-8-10-17(11-16)15(2)28(4)24(30)33-7/h8-12,15H,13H2,1-7H3,(H,25,26,29). The van der Waals surface area contributed by atoms with Crippen LogP contribution in [0.3, 0.4) is 0 Å². The first-order valence-electron chi connectivity index (χ1n) is 10.5. The van der Waals surface area contributed by atoms with Crippen LogP contribution >= 0.6 is 0 Å². The van der Waals surface area contributed by atoms with E-state index >= 15 is 0 Å². The monoisotopic (exact) mass is 454 g/mol. The van der Waals surface area contributed by atoms with Crippen molar-refractivity contribution in [2.45, 2.75) is 26.4 Å². The van der Waals surface area contributed by atoms with Gasteiger partial charge in [0.05, 0.1) is 38.3 Å². The topological polar surface area (TPSA) is 97.0 Å². The lowest BCUT2D eigenvalue weighted by Crippen LogP contribution is -2.29. The van der Waals surface area contributed by atoms with Gasteiger partial charge in [0.1, 0.15) is 0 Å². The molecule has 1 heterocycles. The molecule has 3 rings (SSSR count). The number of aromatic nitrogens is 2. The predicted molar refractivity (Wildman–Crippen MR) is 127 cm³/mol. The zero-order valence-electron chi connectivity index (χ0n) is 20.1. The highest BCUT2D eigenvalue weighted by molar-refractivity contribution is 5.86. The maximum atomic E-state index is 12.9. The maximum Gasteiger partial charge on any atom is 0.409 e. The Labute approximate surface area is 192 Å². The lowest BCUT2D eigenvalue weighted by atomic mass is 10.0. The van der Waals surface area contributed by atoms with Gasteiger partial charge in [-0.1, -0.05) is 24.3 Å². The Morgan fingerprint density at radius 1 is 1.15 bits per heavy atom. The van der Waals surface area contributed by atoms with Crippen LogP contribution in [0.4, 0.5) is 10.7 Å². The Hall–Kier alpha value is -3.75. The molecule has 1 atom stereocenters. The number of benzene rings is 2. The highest BCUT2D eigenvalue weighted by Crippen LogP contribution is 2.35. The second-order valence-electron chi connectivity index (χ2n) is 7.88. The maximum absolute atomic E-state index is 12.9. The zero-order valence-corrected chi connectivity index (χ0v) is 20.1. The Balaban J connectivity index is 1.92. The Morgan fingerprint density at radius 2 is 1.88 bits per heavy atom. The molecular formula is C24H30N4O5. The van der Waals surface area contributed by atoms with E-state index < -0.39 is 6.09 Å². The van der Waals surface area contributed by atoms with E-state index in [1.54, 1.807) is 27.3 Å². The number of amides is 1. The number of hydrogen-bond acceptors (Lipinski definition) is 7. The molecule has 9 nitrogen and oxygen atoms in total. The number of nitrogens with zero attached hydrogens (tertiary/aromatic N) is 3. The molecule has 1 N–H and O–H groups in total. The van der Waals surface area contributed by atoms with Crippen molar-refractivity contribution in [3.05, 3.63) is 57.4 Å². The number of fused-ring (bicyclic) bond motifs is 1. The van der Waals surface area contributed by atoms with Crippen LogP contribution in [0.2, 0.25) is 0 Å². The first kappa shape index (κ1) is 23.9. The number of anilines is 1. The van der Waals surface area contributed by atoms with Gasteiger partial charge >= 0.3 is 6.09 Å². The second-order valence-corrected chi connectivity index (χ2v) is 7.88. The summed E-state index contributed by atoms with van der Waals surface area (Å²) in [6, 6.07) is 9.50. The molecule has 176 valence electrons. The van der Waals surface area contributed by atoms with Crippen LogP contribution in [-0.4, -0.2) is 56.4 Å². The van der Waals surface area contributed by atoms with Gasteiger partial charge in [-0.3, -0.25) is 4.79 Å². The van der Waals surface area contributed by atoms with Crippen molar-refractivity contribution in [2.75, 3.05) is 40.3 Å². The van der Waals surface area contributed by atoms with Crippen molar-refractivity contribution in [2.24, 2.45) is 0 Å². The SMILES string of the molecule is COC(=O)N(C)C(C)c1cccc(CN(C)c2nc(=O)c3c(C)c(OC)c(OC)cc3[nH]2)c1. The number of rotatable bonds is 7. The zero-order chi connectivity index (χ0) is 24.3. The summed E-state index contributed by atoms with van der Waals surface area (Å²) in [5, 5.41) is 0.464. The summed E-state index contributed by atoms with van der Waals surface area (Å²) in [7, 11) is 8.01. The smallest absolute Gasteiger partial charge is 0.409 e. The van der Waals surface area contributed by atoms with Crippen LogP contribution in [0.5, 0.6) is 11.5 Å². The summed E-state index contributed by atoms with van der Waals surface area (Å²) in [5.74, 6) is 1.49. The van der Waals surface area contributed by atoms with Crippen molar-refractivity contribution >= 4 is 22.9 Å². The largest absolute Gasteiger partial charge is 0.493 e. The second kappa shape index (κ2) is 9.81. The molecule has 9 heteroatoms. The fraction of sp³-hybridized carbons (Fsp3) is 0.375. The highest BCUT2D eigenvalue weighted by atomic mass is 16.5. The molecular weight excluding hydrogens is 424 g/mol. The van der Waals surface area contributed by atoms with Crippen LogP contribution in [0.1, 0.15) is 29.7 Å². The number of nitrogens with one attached hydrogen (secondary N) is 1. The molecule has 0 aliphatic carbocycles. The number of carbonyl (C=O) groups is 1. The van der Waals surface area contributed by atoms with Gasteiger partial charge in [-0.2, -0.15) is 4.98 Å². The van der Waals surface area contributed by atoms with E-state index in [2.05, 4.69) is 9.97 Å². The molecule has 0 fully saturated rings. The number of methoxy groups -OCH3 is 3. The van der Waals surface area contributed by atoms with Crippen LogP contribution in [0.15, 0.2) is 35.1 Å². The van der Waals surface area contributed by atoms with E-state index in [0.29, 0.717) is 40.5 Å². The summed E-state index contributed by atoms with van der Waals surface area (Å²) in [5.41, 5.74) is 2.93. The van der Waals surface area contributed by atoms with Gasteiger partial charge in [-0.25, -0.2) is 4.79 Å². The molecule has 3 aromatic rings. The van der Waals surface area contributed by atoms with E-state index in [1.165, 1.54) is 12.0 Å². The van der Waals surface area contributed by atoms with E-state index in [0.717, 1.165) is 11.1 Å². The molecule has 33 heavy (non-hydrogen) atoms. The lowest BCUT2D eigenvalue weighted by Gasteiger charge is -2.25. The van der Waals surface area contributed by atoms with Gasteiger partial charge < -0.3 is 29.0 Å². The van der Waals surface area contributed by atoms with Crippen molar-refractivity contribution in [3.63, 3.8) is 0 Å². The third kappa shape index (κ3) is 4.72. The average molecular weight is 455 g/mol. The van der Waals surface area contributed by atoms with Crippen molar-refractivity contribution in [1.29, 1.82) is 0 Å². The Morgan fingerprint density at radius 3 is 2.52 bits per heavy atom. The third-order valence-corrected chi connectivity index (χ3v) is 5.83. The van der Waals surface area contributed by atoms with Crippen LogP contribution < -0.4 is 19.9 Å². The molecule has 0 bridgehead atoms. The summed E-state index contributed by atoms with van der Waals surface area (Å²) in [4.78, 5) is 35.6. The molecule has 0 saturated carbocycles. The predicted octanol–water partition coefficient (Wildman–Crippen LogP) is 3.64. The molecule has 1 unspecified atom stereocenters. The minimum absolute atomic E-state index is 0.160. The van der Waals surface area contributed by atoms with Crippen molar-refractivity contribution < 1.29 is 19.0 Å². The third-order valence-electron chi connectivity index (χ3n) is 5.83. The Bertz CT molecular complexity index is 1220. The number of ether oxygens (including phenoxy) is 3. The molecule has 0 radical (unpaired) electrons. The van der Waals surface area contributed by atoms with Gasteiger partial charge in [0.15, 0.2) is 11.5 Å². The van der Waals surface area contributed by atoms with Crippen LogP contribution in [-0.2, 0) is 11.3 Å². The number of carbonyl (C=O) groups excluding carboxylic acids is 1. The van der Waals surface area contributed by atoms with Crippen molar-refractivity contribution in [3.8, 4) is 11.5 Å². The molecule has 2 aromatic carbocycles. The fourth-order valence-electron chi connectivity index (χ4n) is 3.86. The molecule has 0 aliphatic rings. The molecule has 0 saturated heterocycles. The van der Waals surface area contributed by atoms with Crippen molar-refractivity contribution in [1.82, 2.24) is 14.9 Å². The van der Waals surface area contributed by atoms with Gasteiger partial charge in [0.2, 0.25) is 5.95 Å².